The number of nitrogens with zero attached hydrogens (tertiary/aromatic N) is 3. The Morgan fingerprint density at radius 1 is 1.06 bits per heavy atom. The average molecular weight is 442 g/mol. The topological polar surface area (TPSA) is 156 Å². The minimum atomic E-state index is -4.01. The molecule has 0 saturated heterocycles. The molecule has 31 heavy (non-hydrogen) atoms. The molecule has 0 atom stereocenters. The molecule has 160 valence electrons. The summed E-state index contributed by atoms with van der Waals surface area (Å²) in [5.74, 6) is -0.715. The summed E-state index contributed by atoms with van der Waals surface area (Å²) >= 11 is 0. The molecule has 2 aromatic carbocycles. The van der Waals surface area contributed by atoms with Gasteiger partial charge in [0.2, 0.25) is 11.6 Å². The molecule has 0 amide bonds. The standard InChI is InChI=1S/C19H18N6O5S/c1-12-6-8-16(9-7-12)31(29,30)24-23-19-17(25(27)28)18(20-11-21-19)22-15-5-3-4-14(10-15)13(2)26/h3-11,24H,1-2H3,(H2,20,21,22,23). The molecule has 0 aliphatic heterocycles. The van der Waals surface area contributed by atoms with Crippen LogP contribution >= 0.6 is 0 Å². The highest BCUT2D eigenvalue weighted by molar-refractivity contribution is 7.89. The van der Waals surface area contributed by atoms with Gasteiger partial charge in [-0.15, -0.1) is 4.83 Å². The van der Waals surface area contributed by atoms with Crippen molar-refractivity contribution in [2.24, 2.45) is 0 Å². The number of nitro groups is 1. The first-order chi connectivity index (χ1) is 14.7. The SMILES string of the molecule is CC(=O)c1cccc(Nc2ncnc(NNS(=O)(=O)c3ccc(C)cc3)c2[N+](=O)[O-])c1. The lowest BCUT2D eigenvalue weighted by molar-refractivity contribution is -0.383. The van der Waals surface area contributed by atoms with E-state index in [0.717, 1.165) is 11.9 Å². The van der Waals surface area contributed by atoms with Crippen LogP contribution in [0.5, 0.6) is 0 Å². The molecule has 1 aromatic heterocycles. The van der Waals surface area contributed by atoms with Crippen molar-refractivity contribution in [3.63, 3.8) is 0 Å². The van der Waals surface area contributed by atoms with E-state index >= 15 is 0 Å². The highest BCUT2D eigenvalue weighted by Crippen LogP contribution is 2.31. The minimum absolute atomic E-state index is 0.0262. The second-order valence-electron chi connectivity index (χ2n) is 6.48. The van der Waals surface area contributed by atoms with E-state index in [1.807, 2.05) is 6.92 Å². The maximum Gasteiger partial charge on any atom is 0.354 e. The van der Waals surface area contributed by atoms with E-state index < -0.39 is 20.6 Å². The molecule has 3 N–H and O–H groups in total. The van der Waals surface area contributed by atoms with Crippen LogP contribution in [0.2, 0.25) is 0 Å². The normalized spacial score (nSPS) is 11.0. The third-order valence-electron chi connectivity index (χ3n) is 4.17. The summed E-state index contributed by atoms with van der Waals surface area (Å²) in [6.45, 7) is 3.21. The predicted octanol–water partition coefficient (Wildman–Crippen LogP) is 2.94. The maximum atomic E-state index is 12.4. The zero-order chi connectivity index (χ0) is 22.6. The number of hydrogen-bond acceptors (Lipinski definition) is 9. The van der Waals surface area contributed by atoms with Crippen molar-refractivity contribution in [3.8, 4) is 0 Å². The number of carbonyl (C=O) groups excluding carboxylic acids is 1. The Hall–Kier alpha value is -3.90. The molecule has 0 spiro atoms. The monoisotopic (exact) mass is 442 g/mol. The number of hydrogen-bond donors (Lipinski definition) is 3. The summed E-state index contributed by atoms with van der Waals surface area (Å²) in [6.07, 6.45) is 1.03. The second kappa shape index (κ2) is 8.85. The number of benzene rings is 2. The van der Waals surface area contributed by atoms with E-state index in [1.165, 1.54) is 25.1 Å². The number of nitrogens with one attached hydrogen (secondary N) is 3. The Balaban J connectivity index is 1.88. The van der Waals surface area contributed by atoms with Crippen LogP contribution in [0.1, 0.15) is 22.8 Å². The minimum Gasteiger partial charge on any atom is -0.334 e. The van der Waals surface area contributed by atoms with Gasteiger partial charge >= 0.3 is 5.69 Å². The van der Waals surface area contributed by atoms with E-state index in [2.05, 4.69) is 25.5 Å². The molecule has 11 nitrogen and oxygen atoms in total. The highest BCUT2D eigenvalue weighted by atomic mass is 32.2. The van der Waals surface area contributed by atoms with Gasteiger partial charge in [0, 0.05) is 11.3 Å². The third kappa shape index (κ3) is 5.18. The summed E-state index contributed by atoms with van der Waals surface area (Å²) in [6, 6.07) is 12.4. The van der Waals surface area contributed by atoms with Gasteiger partial charge in [0.05, 0.1) is 9.82 Å². The van der Waals surface area contributed by atoms with Gasteiger partial charge < -0.3 is 5.32 Å². The Kier molecular flexibility index (Phi) is 6.22. The lowest BCUT2D eigenvalue weighted by Crippen LogP contribution is -2.30. The Labute approximate surface area is 177 Å². The van der Waals surface area contributed by atoms with Crippen molar-refractivity contribution in [2.45, 2.75) is 18.7 Å². The Bertz CT molecular complexity index is 1240. The number of hydrazine groups is 1. The van der Waals surface area contributed by atoms with Gasteiger partial charge in [-0.25, -0.2) is 18.4 Å². The summed E-state index contributed by atoms with van der Waals surface area (Å²) in [4.78, 5) is 32.2. The summed E-state index contributed by atoms with van der Waals surface area (Å²) in [7, 11) is -4.01. The molecular formula is C19H18N6O5S. The molecular weight excluding hydrogens is 424 g/mol. The van der Waals surface area contributed by atoms with Crippen molar-refractivity contribution in [3.05, 3.63) is 76.1 Å². The number of carbonyl (C=O) groups is 1. The first-order valence-electron chi connectivity index (χ1n) is 8.89. The highest BCUT2D eigenvalue weighted by Gasteiger charge is 2.25. The lowest BCUT2D eigenvalue weighted by atomic mass is 10.1. The summed E-state index contributed by atoms with van der Waals surface area (Å²) in [5.41, 5.74) is 3.37. The van der Waals surface area contributed by atoms with Crippen LogP contribution in [0.25, 0.3) is 0 Å². The summed E-state index contributed by atoms with van der Waals surface area (Å²) in [5, 5.41) is 14.4. The van der Waals surface area contributed by atoms with Gasteiger partial charge in [-0.05, 0) is 38.1 Å². The number of rotatable bonds is 8. The molecule has 0 aliphatic carbocycles. The maximum absolute atomic E-state index is 12.4. The Morgan fingerprint density at radius 2 is 1.74 bits per heavy atom. The molecule has 0 saturated carbocycles. The fraction of sp³-hybridized carbons (Fsp3) is 0.105. The van der Waals surface area contributed by atoms with E-state index in [-0.39, 0.29) is 22.3 Å². The molecule has 1 heterocycles. The van der Waals surface area contributed by atoms with E-state index in [4.69, 9.17) is 0 Å². The molecule has 3 aromatic rings. The van der Waals surface area contributed by atoms with Gasteiger partial charge in [0.25, 0.3) is 10.0 Å². The molecule has 0 radical (unpaired) electrons. The smallest absolute Gasteiger partial charge is 0.334 e. The van der Waals surface area contributed by atoms with Crippen LogP contribution in [-0.2, 0) is 10.0 Å². The number of anilines is 3. The first kappa shape index (κ1) is 21.8. The van der Waals surface area contributed by atoms with Gasteiger partial charge in [-0.2, -0.15) is 0 Å². The molecule has 0 aliphatic rings. The number of aryl methyl sites for hydroxylation is 1. The largest absolute Gasteiger partial charge is 0.354 e. The number of Topliss-reactive ketones (excluding diaryl/α,β-unsaturated/α-hetero) is 1. The predicted molar refractivity (Wildman–Crippen MR) is 114 cm³/mol. The molecule has 3 rings (SSSR count). The van der Waals surface area contributed by atoms with Gasteiger partial charge in [-0.1, -0.05) is 29.8 Å². The third-order valence-corrected chi connectivity index (χ3v) is 5.44. The van der Waals surface area contributed by atoms with Gasteiger partial charge in [0.15, 0.2) is 5.78 Å². The fourth-order valence-electron chi connectivity index (χ4n) is 2.58. The van der Waals surface area contributed by atoms with Crippen molar-refractivity contribution >= 4 is 38.8 Å². The van der Waals surface area contributed by atoms with Crippen LogP contribution in [-0.4, -0.2) is 29.1 Å². The number of ketones is 1. The second-order valence-corrected chi connectivity index (χ2v) is 8.16. The van der Waals surface area contributed by atoms with E-state index in [1.54, 1.807) is 30.3 Å². The van der Waals surface area contributed by atoms with E-state index in [0.29, 0.717) is 11.3 Å². The lowest BCUT2D eigenvalue weighted by Gasteiger charge is -2.12. The molecule has 0 bridgehead atoms. The van der Waals surface area contributed by atoms with Crippen molar-refractivity contribution < 1.29 is 18.1 Å². The van der Waals surface area contributed by atoms with Crippen LogP contribution in [0.15, 0.2) is 59.8 Å². The van der Waals surface area contributed by atoms with Crippen LogP contribution < -0.4 is 15.6 Å². The fourth-order valence-corrected chi connectivity index (χ4v) is 3.42. The number of sulfonamides is 1. The Morgan fingerprint density at radius 3 is 2.39 bits per heavy atom. The van der Waals surface area contributed by atoms with Gasteiger partial charge in [-0.3, -0.25) is 20.3 Å². The van der Waals surface area contributed by atoms with Crippen LogP contribution in [0, 0.1) is 17.0 Å². The molecule has 12 heteroatoms. The van der Waals surface area contributed by atoms with E-state index in [9.17, 15) is 23.3 Å². The van der Waals surface area contributed by atoms with Crippen molar-refractivity contribution in [1.29, 1.82) is 0 Å². The number of aromatic nitrogens is 2. The zero-order valence-electron chi connectivity index (χ0n) is 16.5. The average Bonchev–Trinajstić information content (AvgIpc) is 2.72. The van der Waals surface area contributed by atoms with Crippen molar-refractivity contribution in [2.75, 3.05) is 10.7 Å². The summed E-state index contributed by atoms with van der Waals surface area (Å²) < 4.78 is 24.9. The van der Waals surface area contributed by atoms with Gasteiger partial charge in [0.1, 0.15) is 6.33 Å². The van der Waals surface area contributed by atoms with Crippen molar-refractivity contribution in [1.82, 2.24) is 14.8 Å². The first-order valence-corrected chi connectivity index (χ1v) is 10.4. The zero-order valence-corrected chi connectivity index (χ0v) is 17.3. The molecule has 0 fully saturated rings. The van der Waals surface area contributed by atoms with Crippen LogP contribution in [0.3, 0.4) is 0 Å². The van der Waals surface area contributed by atoms with Crippen LogP contribution in [0.4, 0.5) is 23.0 Å². The quantitative estimate of drug-likeness (QED) is 0.271. The molecule has 0 unspecified atom stereocenters.